The van der Waals surface area contributed by atoms with Crippen LogP contribution in [0, 0.1) is 11.7 Å². The highest BCUT2D eigenvalue weighted by Gasteiger charge is 2.20. The van der Waals surface area contributed by atoms with Crippen molar-refractivity contribution in [3.05, 3.63) is 60.2 Å². The molecular formula is C18H20FN3O. The fourth-order valence-corrected chi connectivity index (χ4v) is 2.92. The number of amides is 1. The summed E-state index contributed by atoms with van der Waals surface area (Å²) >= 11 is 0. The molecule has 1 fully saturated rings. The molecule has 1 aliphatic rings. The Morgan fingerprint density at radius 1 is 1.22 bits per heavy atom. The van der Waals surface area contributed by atoms with E-state index in [4.69, 9.17) is 0 Å². The topological polar surface area (TPSA) is 45.2 Å². The van der Waals surface area contributed by atoms with Crippen molar-refractivity contribution < 1.29 is 9.18 Å². The molecule has 0 atom stereocenters. The van der Waals surface area contributed by atoms with Crippen molar-refractivity contribution in [2.75, 3.05) is 24.5 Å². The lowest BCUT2D eigenvalue weighted by Crippen LogP contribution is -2.38. The van der Waals surface area contributed by atoms with Gasteiger partial charge in [0.05, 0.1) is 0 Å². The first-order valence-corrected chi connectivity index (χ1v) is 7.91. The minimum absolute atomic E-state index is 0.207. The average Bonchev–Trinajstić information content (AvgIpc) is 2.61. The van der Waals surface area contributed by atoms with Gasteiger partial charge in [0.2, 0.25) is 0 Å². The maximum absolute atomic E-state index is 13.1. The predicted molar refractivity (Wildman–Crippen MR) is 87.9 cm³/mol. The Kier molecular flexibility index (Phi) is 4.86. The van der Waals surface area contributed by atoms with Crippen molar-refractivity contribution in [1.29, 1.82) is 0 Å². The number of rotatable bonds is 4. The minimum atomic E-state index is -0.386. The second-order valence-electron chi connectivity index (χ2n) is 5.86. The smallest absolute Gasteiger partial charge is 0.251 e. The van der Waals surface area contributed by atoms with Crippen LogP contribution in [0.1, 0.15) is 23.2 Å². The quantitative estimate of drug-likeness (QED) is 0.944. The van der Waals surface area contributed by atoms with E-state index in [9.17, 15) is 9.18 Å². The van der Waals surface area contributed by atoms with Crippen molar-refractivity contribution in [3.8, 4) is 0 Å². The monoisotopic (exact) mass is 313 g/mol. The minimum Gasteiger partial charge on any atom is -0.371 e. The number of anilines is 1. The zero-order valence-electron chi connectivity index (χ0n) is 12.9. The number of nitrogens with one attached hydrogen (secondary N) is 1. The number of piperidine rings is 1. The molecule has 23 heavy (non-hydrogen) atoms. The third kappa shape index (κ3) is 4.06. The first kappa shape index (κ1) is 15.5. The van der Waals surface area contributed by atoms with Gasteiger partial charge in [0.25, 0.3) is 5.91 Å². The van der Waals surface area contributed by atoms with Gasteiger partial charge in [0, 0.05) is 43.3 Å². The maximum atomic E-state index is 13.1. The van der Waals surface area contributed by atoms with Crippen LogP contribution in [0.3, 0.4) is 0 Å². The Balaban J connectivity index is 1.47. The Morgan fingerprint density at radius 2 is 1.96 bits per heavy atom. The molecule has 0 radical (unpaired) electrons. The van der Waals surface area contributed by atoms with Gasteiger partial charge < -0.3 is 10.2 Å². The summed E-state index contributed by atoms with van der Waals surface area (Å²) in [5.74, 6) is -0.130. The van der Waals surface area contributed by atoms with Gasteiger partial charge >= 0.3 is 0 Å². The van der Waals surface area contributed by atoms with E-state index in [1.807, 2.05) is 12.1 Å². The summed E-state index contributed by atoms with van der Waals surface area (Å²) < 4.78 is 13.1. The fourth-order valence-electron chi connectivity index (χ4n) is 2.92. The highest BCUT2D eigenvalue weighted by molar-refractivity contribution is 5.94. The van der Waals surface area contributed by atoms with Gasteiger partial charge in [-0.2, -0.15) is 0 Å². The van der Waals surface area contributed by atoms with Crippen LogP contribution in [-0.2, 0) is 0 Å². The molecular weight excluding hydrogens is 293 g/mol. The molecule has 2 heterocycles. The van der Waals surface area contributed by atoms with Gasteiger partial charge in [-0.3, -0.25) is 9.78 Å². The van der Waals surface area contributed by atoms with E-state index in [2.05, 4.69) is 15.2 Å². The molecule has 2 aromatic rings. The summed E-state index contributed by atoms with van der Waals surface area (Å²) in [7, 11) is 0. The molecule has 0 aliphatic carbocycles. The fraction of sp³-hybridized carbons (Fsp3) is 0.333. The number of nitrogens with zero attached hydrogens (tertiary/aromatic N) is 2. The molecule has 0 unspecified atom stereocenters. The van der Waals surface area contributed by atoms with E-state index in [0.717, 1.165) is 25.9 Å². The van der Waals surface area contributed by atoms with Crippen molar-refractivity contribution in [2.45, 2.75) is 12.8 Å². The number of aromatic nitrogens is 1. The second kappa shape index (κ2) is 7.22. The van der Waals surface area contributed by atoms with Gasteiger partial charge in [0.15, 0.2) is 0 Å². The second-order valence-corrected chi connectivity index (χ2v) is 5.86. The zero-order chi connectivity index (χ0) is 16.1. The molecule has 0 spiro atoms. The summed E-state index contributed by atoms with van der Waals surface area (Å²) in [5.41, 5.74) is 1.57. The molecule has 0 bridgehead atoms. The van der Waals surface area contributed by atoms with E-state index in [1.54, 1.807) is 24.5 Å². The van der Waals surface area contributed by atoms with Crippen LogP contribution >= 0.6 is 0 Å². The van der Waals surface area contributed by atoms with Gasteiger partial charge in [-0.05, 0) is 49.1 Å². The third-order valence-electron chi connectivity index (χ3n) is 4.28. The molecule has 3 rings (SSSR count). The number of benzene rings is 1. The van der Waals surface area contributed by atoms with Crippen molar-refractivity contribution in [1.82, 2.24) is 10.3 Å². The average molecular weight is 313 g/mol. The lowest BCUT2D eigenvalue weighted by molar-refractivity contribution is 0.0944. The maximum Gasteiger partial charge on any atom is 0.251 e. The lowest BCUT2D eigenvalue weighted by atomic mass is 9.96. The molecule has 1 saturated heterocycles. The van der Waals surface area contributed by atoms with E-state index < -0.39 is 0 Å². The molecule has 1 aliphatic heterocycles. The molecule has 1 amide bonds. The third-order valence-corrected chi connectivity index (χ3v) is 4.28. The van der Waals surface area contributed by atoms with E-state index in [1.165, 1.54) is 17.8 Å². The summed E-state index contributed by atoms with van der Waals surface area (Å²) in [6, 6.07) is 9.83. The number of carbonyl (C=O) groups is 1. The summed E-state index contributed by atoms with van der Waals surface area (Å²) in [6.07, 6.45) is 5.68. The number of hydrogen-bond donors (Lipinski definition) is 1. The molecule has 4 nitrogen and oxygen atoms in total. The van der Waals surface area contributed by atoms with Crippen LogP contribution in [0.5, 0.6) is 0 Å². The van der Waals surface area contributed by atoms with Crippen LogP contribution in [0.4, 0.5) is 10.1 Å². The largest absolute Gasteiger partial charge is 0.371 e. The first-order chi connectivity index (χ1) is 11.2. The number of pyridine rings is 1. The van der Waals surface area contributed by atoms with Crippen LogP contribution in [0.2, 0.25) is 0 Å². The van der Waals surface area contributed by atoms with Crippen molar-refractivity contribution in [2.24, 2.45) is 5.92 Å². The van der Waals surface area contributed by atoms with Crippen LogP contribution in [0.15, 0.2) is 48.8 Å². The molecule has 120 valence electrons. The highest BCUT2D eigenvalue weighted by Crippen LogP contribution is 2.22. The van der Waals surface area contributed by atoms with Crippen LogP contribution in [-0.4, -0.2) is 30.5 Å². The van der Waals surface area contributed by atoms with Crippen LogP contribution in [0.25, 0.3) is 0 Å². The number of hydrogen-bond acceptors (Lipinski definition) is 3. The number of carbonyl (C=O) groups excluding carboxylic acids is 1. The first-order valence-electron chi connectivity index (χ1n) is 7.91. The van der Waals surface area contributed by atoms with E-state index in [-0.39, 0.29) is 11.7 Å². The Labute approximate surface area is 135 Å². The Bertz CT molecular complexity index is 654. The van der Waals surface area contributed by atoms with Crippen LogP contribution < -0.4 is 10.2 Å². The Morgan fingerprint density at radius 3 is 2.65 bits per heavy atom. The molecule has 0 saturated carbocycles. The molecule has 1 N–H and O–H groups in total. The Hall–Kier alpha value is -2.43. The van der Waals surface area contributed by atoms with Gasteiger partial charge in [-0.1, -0.05) is 6.07 Å². The predicted octanol–water partition coefficient (Wildman–Crippen LogP) is 2.87. The van der Waals surface area contributed by atoms with E-state index in [0.29, 0.717) is 18.0 Å². The van der Waals surface area contributed by atoms with Gasteiger partial charge in [-0.15, -0.1) is 0 Å². The summed E-state index contributed by atoms with van der Waals surface area (Å²) in [5, 5.41) is 2.92. The normalized spacial score (nSPS) is 15.4. The lowest BCUT2D eigenvalue weighted by Gasteiger charge is -2.33. The highest BCUT2D eigenvalue weighted by atomic mass is 19.1. The SMILES string of the molecule is O=C(NCC1CCN(c2ccncc2)CC1)c1cccc(F)c1. The van der Waals surface area contributed by atoms with Crippen molar-refractivity contribution >= 4 is 11.6 Å². The van der Waals surface area contributed by atoms with Crippen molar-refractivity contribution in [3.63, 3.8) is 0 Å². The number of halogens is 1. The standard InChI is InChI=1S/C18H20FN3O/c19-16-3-1-2-15(12-16)18(23)21-13-14-6-10-22(11-7-14)17-4-8-20-9-5-17/h1-5,8-9,12,14H,6-7,10-11,13H2,(H,21,23). The zero-order valence-corrected chi connectivity index (χ0v) is 12.9. The van der Waals surface area contributed by atoms with Gasteiger partial charge in [0.1, 0.15) is 5.82 Å². The van der Waals surface area contributed by atoms with E-state index >= 15 is 0 Å². The van der Waals surface area contributed by atoms with Gasteiger partial charge in [-0.25, -0.2) is 4.39 Å². The molecule has 1 aromatic heterocycles. The summed E-state index contributed by atoms with van der Waals surface area (Å²) in [6.45, 7) is 2.59. The molecule has 1 aromatic carbocycles. The summed E-state index contributed by atoms with van der Waals surface area (Å²) in [4.78, 5) is 18.4. The molecule has 5 heteroatoms.